The maximum absolute atomic E-state index is 5.36. The summed E-state index contributed by atoms with van der Waals surface area (Å²) in [7, 11) is 0. The number of hydrazone groups is 1. The molecule has 0 bridgehead atoms. The Balaban J connectivity index is 2.69. The maximum atomic E-state index is 5.36. The van der Waals surface area contributed by atoms with Gasteiger partial charge in [-0.1, -0.05) is 20.8 Å². The fraction of sp³-hybridized carbons (Fsp3) is 0.800. The Bertz CT molecular complexity index is 265. The SMILES string of the molecule is CC[C@@H]1S[C@@H](C)CC(=NNC(N)=S)[C@@H]1C. The van der Waals surface area contributed by atoms with Crippen molar-refractivity contribution in [3.63, 3.8) is 0 Å². The van der Waals surface area contributed by atoms with Gasteiger partial charge in [0.15, 0.2) is 5.11 Å². The molecule has 1 fully saturated rings. The highest BCUT2D eigenvalue weighted by atomic mass is 32.2. The van der Waals surface area contributed by atoms with Gasteiger partial charge in [-0.2, -0.15) is 16.9 Å². The fourth-order valence-electron chi connectivity index (χ4n) is 1.88. The lowest BCUT2D eigenvalue weighted by atomic mass is 9.95. The number of nitrogens with two attached hydrogens (primary N) is 1. The molecule has 0 aromatic rings. The third-order valence-electron chi connectivity index (χ3n) is 2.70. The monoisotopic (exact) mass is 245 g/mol. The van der Waals surface area contributed by atoms with E-state index in [1.807, 2.05) is 0 Å². The van der Waals surface area contributed by atoms with E-state index in [9.17, 15) is 0 Å². The molecule has 3 atom stereocenters. The summed E-state index contributed by atoms with van der Waals surface area (Å²) >= 11 is 6.80. The highest BCUT2D eigenvalue weighted by molar-refractivity contribution is 8.00. The molecule has 1 aliphatic heterocycles. The van der Waals surface area contributed by atoms with Gasteiger partial charge in [0.25, 0.3) is 0 Å². The summed E-state index contributed by atoms with van der Waals surface area (Å²) in [5.41, 5.74) is 9.26. The highest BCUT2D eigenvalue weighted by Gasteiger charge is 2.29. The number of hydrogen-bond acceptors (Lipinski definition) is 3. The average Bonchev–Trinajstić information content (AvgIpc) is 2.18. The Hall–Kier alpha value is -0.290. The molecular formula is C10H19N3S2. The van der Waals surface area contributed by atoms with Gasteiger partial charge in [-0.25, -0.2) is 0 Å². The van der Waals surface area contributed by atoms with Crippen LogP contribution in [0.2, 0.25) is 0 Å². The second kappa shape index (κ2) is 5.70. The zero-order chi connectivity index (χ0) is 11.4. The van der Waals surface area contributed by atoms with Gasteiger partial charge in [-0.3, -0.25) is 5.43 Å². The van der Waals surface area contributed by atoms with E-state index in [1.165, 1.54) is 12.1 Å². The first-order valence-corrected chi connectivity index (χ1v) is 6.67. The Morgan fingerprint density at radius 1 is 1.67 bits per heavy atom. The second-order valence-electron chi connectivity index (χ2n) is 3.97. The Kier molecular flexibility index (Phi) is 4.86. The molecular weight excluding hydrogens is 226 g/mol. The molecule has 5 heteroatoms. The third-order valence-corrected chi connectivity index (χ3v) is 4.51. The van der Waals surface area contributed by atoms with Crippen LogP contribution < -0.4 is 11.2 Å². The van der Waals surface area contributed by atoms with Crippen molar-refractivity contribution in [3.05, 3.63) is 0 Å². The Morgan fingerprint density at radius 3 is 2.87 bits per heavy atom. The minimum absolute atomic E-state index is 0.244. The van der Waals surface area contributed by atoms with Crippen LogP contribution in [-0.4, -0.2) is 21.3 Å². The first-order valence-electron chi connectivity index (χ1n) is 5.32. The maximum Gasteiger partial charge on any atom is 0.184 e. The van der Waals surface area contributed by atoms with E-state index in [0.29, 0.717) is 16.4 Å². The normalized spacial score (nSPS) is 34.1. The molecule has 15 heavy (non-hydrogen) atoms. The predicted octanol–water partition coefficient (Wildman–Crippen LogP) is 2.12. The van der Waals surface area contributed by atoms with Gasteiger partial charge in [-0.15, -0.1) is 0 Å². The van der Waals surface area contributed by atoms with E-state index in [2.05, 4.69) is 43.1 Å². The van der Waals surface area contributed by atoms with Crippen molar-refractivity contribution < 1.29 is 0 Å². The molecule has 86 valence electrons. The lowest BCUT2D eigenvalue weighted by Crippen LogP contribution is -2.35. The Labute approximate surface area is 101 Å². The zero-order valence-electron chi connectivity index (χ0n) is 9.49. The molecule has 0 unspecified atom stereocenters. The van der Waals surface area contributed by atoms with Crippen molar-refractivity contribution in [2.24, 2.45) is 16.8 Å². The van der Waals surface area contributed by atoms with Crippen LogP contribution in [0.25, 0.3) is 0 Å². The van der Waals surface area contributed by atoms with Crippen LogP contribution in [0.3, 0.4) is 0 Å². The molecule has 0 amide bonds. The minimum atomic E-state index is 0.244. The first kappa shape index (κ1) is 12.8. The van der Waals surface area contributed by atoms with Gasteiger partial charge in [0.05, 0.1) is 0 Å². The molecule has 0 radical (unpaired) electrons. The van der Waals surface area contributed by atoms with Gasteiger partial charge < -0.3 is 5.73 Å². The highest BCUT2D eigenvalue weighted by Crippen LogP contribution is 2.35. The molecule has 1 saturated heterocycles. The summed E-state index contributed by atoms with van der Waals surface area (Å²) in [6.45, 7) is 6.70. The van der Waals surface area contributed by atoms with Crippen molar-refractivity contribution in [2.45, 2.75) is 44.1 Å². The predicted molar refractivity (Wildman–Crippen MR) is 72.3 cm³/mol. The van der Waals surface area contributed by atoms with Crippen molar-refractivity contribution >= 4 is 34.8 Å². The Morgan fingerprint density at radius 2 is 2.33 bits per heavy atom. The molecule has 0 saturated carbocycles. The van der Waals surface area contributed by atoms with E-state index in [1.54, 1.807) is 0 Å². The summed E-state index contributed by atoms with van der Waals surface area (Å²) in [5, 5.41) is 5.85. The van der Waals surface area contributed by atoms with Crippen molar-refractivity contribution in [2.75, 3.05) is 0 Å². The quantitative estimate of drug-likeness (QED) is 0.578. The standard InChI is InChI=1S/C10H19N3S2/c1-4-9-7(3)8(5-6(2)15-9)12-13-10(11)14/h6-7,9H,4-5H2,1-3H3,(H3,11,13,14)/t6-,7-,9-/m0/s1. The molecule has 1 aliphatic rings. The number of hydrogen-bond donors (Lipinski definition) is 2. The van der Waals surface area contributed by atoms with Gasteiger partial charge in [0.1, 0.15) is 0 Å². The largest absolute Gasteiger partial charge is 0.375 e. The first-order chi connectivity index (χ1) is 7.04. The fourth-order valence-corrected chi connectivity index (χ4v) is 3.38. The summed E-state index contributed by atoms with van der Waals surface area (Å²) in [6, 6.07) is 0. The van der Waals surface area contributed by atoms with E-state index in [-0.39, 0.29) is 5.11 Å². The lowest BCUT2D eigenvalue weighted by Gasteiger charge is -2.32. The van der Waals surface area contributed by atoms with Crippen LogP contribution in [0.1, 0.15) is 33.6 Å². The smallest absolute Gasteiger partial charge is 0.184 e. The minimum Gasteiger partial charge on any atom is -0.375 e. The van der Waals surface area contributed by atoms with Gasteiger partial charge in [0, 0.05) is 22.1 Å². The van der Waals surface area contributed by atoms with E-state index in [4.69, 9.17) is 18.0 Å². The number of nitrogens with one attached hydrogen (secondary N) is 1. The topological polar surface area (TPSA) is 50.4 Å². The van der Waals surface area contributed by atoms with Gasteiger partial charge in [0.2, 0.25) is 0 Å². The number of rotatable bonds is 2. The molecule has 0 aromatic heterocycles. The lowest BCUT2D eigenvalue weighted by molar-refractivity contribution is 0.645. The summed E-state index contributed by atoms with van der Waals surface area (Å²) in [5.74, 6) is 0.512. The van der Waals surface area contributed by atoms with Crippen LogP contribution in [0, 0.1) is 5.92 Å². The summed E-state index contributed by atoms with van der Waals surface area (Å²) < 4.78 is 0. The van der Waals surface area contributed by atoms with Crippen LogP contribution in [-0.2, 0) is 0 Å². The van der Waals surface area contributed by atoms with E-state index >= 15 is 0 Å². The van der Waals surface area contributed by atoms with Crippen LogP contribution >= 0.6 is 24.0 Å². The van der Waals surface area contributed by atoms with E-state index in [0.717, 1.165) is 6.42 Å². The van der Waals surface area contributed by atoms with Crippen LogP contribution in [0.5, 0.6) is 0 Å². The number of thiocarbonyl (C=S) groups is 1. The van der Waals surface area contributed by atoms with Crippen LogP contribution in [0.15, 0.2) is 5.10 Å². The third kappa shape index (κ3) is 3.65. The van der Waals surface area contributed by atoms with E-state index < -0.39 is 0 Å². The molecule has 3 nitrogen and oxygen atoms in total. The second-order valence-corrected chi connectivity index (χ2v) is 6.09. The molecule has 3 N–H and O–H groups in total. The summed E-state index contributed by atoms with van der Waals surface area (Å²) in [6.07, 6.45) is 2.21. The van der Waals surface area contributed by atoms with Crippen molar-refractivity contribution in [1.82, 2.24) is 5.43 Å². The van der Waals surface area contributed by atoms with Crippen LogP contribution in [0.4, 0.5) is 0 Å². The number of nitrogens with zero attached hydrogens (tertiary/aromatic N) is 1. The molecule has 1 rings (SSSR count). The van der Waals surface area contributed by atoms with Crippen molar-refractivity contribution in [1.29, 1.82) is 0 Å². The van der Waals surface area contributed by atoms with Crippen molar-refractivity contribution in [3.8, 4) is 0 Å². The summed E-state index contributed by atoms with van der Waals surface area (Å²) in [4.78, 5) is 0. The van der Waals surface area contributed by atoms with Gasteiger partial charge in [-0.05, 0) is 25.1 Å². The molecule has 0 aromatic carbocycles. The molecule has 0 spiro atoms. The number of thioether (sulfide) groups is 1. The van der Waals surface area contributed by atoms with Gasteiger partial charge >= 0.3 is 0 Å². The zero-order valence-corrected chi connectivity index (χ0v) is 11.1. The average molecular weight is 245 g/mol. The molecule has 1 heterocycles. The molecule has 0 aliphatic carbocycles.